The van der Waals surface area contributed by atoms with Crippen LogP contribution in [0.4, 0.5) is 17.1 Å². The number of rotatable bonds is 6. The van der Waals surface area contributed by atoms with Gasteiger partial charge in [0.15, 0.2) is 0 Å². The van der Waals surface area contributed by atoms with E-state index in [9.17, 15) is 0 Å². The zero-order valence-corrected chi connectivity index (χ0v) is 19.3. The summed E-state index contributed by atoms with van der Waals surface area (Å²) >= 11 is 0. The first-order chi connectivity index (χ1) is 17.3. The van der Waals surface area contributed by atoms with Gasteiger partial charge in [0.1, 0.15) is 37.5 Å². The van der Waals surface area contributed by atoms with E-state index in [-0.39, 0.29) is 0 Å². The maximum absolute atomic E-state index is 6.23. The average Bonchev–Trinajstić information content (AvgIpc) is 3.61. The van der Waals surface area contributed by atoms with Gasteiger partial charge in [-0.2, -0.15) is 10.2 Å². The van der Waals surface area contributed by atoms with E-state index in [1.165, 1.54) is 0 Å². The normalized spacial score (nSPS) is 18.7. The number of ether oxygens (including phenoxy) is 1. The van der Waals surface area contributed by atoms with Crippen molar-refractivity contribution in [3.63, 3.8) is 0 Å². The van der Waals surface area contributed by atoms with Gasteiger partial charge < -0.3 is 14.5 Å². The molecule has 1 aliphatic carbocycles. The highest BCUT2D eigenvalue weighted by molar-refractivity contribution is 5.83. The van der Waals surface area contributed by atoms with Gasteiger partial charge in [0.05, 0.1) is 17.4 Å². The molecule has 0 aromatic heterocycles. The topological polar surface area (TPSA) is 46.9 Å². The molecule has 0 saturated heterocycles. The Morgan fingerprint density at radius 1 is 0.686 bits per heavy atom. The van der Waals surface area contributed by atoms with E-state index in [2.05, 4.69) is 62.5 Å². The minimum atomic E-state index is 0.349. The third-order valence-electron chi connectivity index (χ3n) is 6.19. The van der Waals surface area contributed by atoms with Crippen LogP contribution in [0.15, 0.2) is 113 Å². The van der Waals surface area contributed by atoms with Crippen molar-refractivity contribution in [2.24, 2.45) is 10.2 Å². The summed E-state index contributed by atoms with van der Waals surface area (Å²) in [6.45, 7) is 1.37. The van der Waals surface area contributed by atoms with Crippen LogP contribution in [-0.2, 0) is 0 Å². The van der Waals surface area contributed by atoms with Crippen molar-refractivity contribution in [2.45, 2.75) is 12.5 Å². The Morgan fingerprint density at radius 2 is 1.37 bits per heavy atom. The van der Waals surface area contributed by atoms with Gasteiger partial charge in [0.2, 0.25) is 0 Å². The second-order valence-corrected chi connectivity index (χ2v) is 8.58. The number of para-hydroxylation sites is 1. The molecular formula is C28H26N6O. The predicted octanol–water partition coefficient (Wildman–Crippen LogP) is 5.61. The highest BCUT2D eigenvalue weighted by atomic mass is 16.5. The van der Waals surface area contributed by atoms with Crippen LogP contribution in [0.2, 0.25) is 0 Å². The minimum Gasteiger partial charge on any atom is -0.457 e. The quantitative estimate of drug-likeness (QED) is 0.476. The number of allylic oxidation sites excluding steroid dienone is 2. The standard InChI is InChI=1S/C28H26N6O/c1-3-9-23(10-4-1)31-19-29-33(21-31)25-13-7-15-27(17-25)35-28-16-8-14-26(18-28)34-22-32(20-30-34)24-11-5-2-6-12-24/h1-11,13-20,24H,12,21-22H2/t24-/m1/s1. The van der Waals surface area contributed by atoms with Crippen molar-refractivity contribution < 1.29 is 4.74 Å². The van der Waals surface area contributed by atoms with Gasteiger partial charge in [-0.1, -0.05) is 54.6 Å². The van der Waals surface area contributed by atoms with E-state index in [0.29, 0.717) is 19.4 Å². The molecule has 0 saturated carbocycles. The number of hydrazone groups is 2. The van der Waals surface area contributed by atoms with Gasteiger partial charge in [-0.15, -0.1) is 0 Å². The lowest BCUT2D eigenvalue weighted by molar-refractivity contribution is 0.389. The Bertz CT molecular complexity index is 1300. The maximum Gasteiger partial charge on any atom is 0.129 e. The highest BCUT2D eigenvalue weighted by Crippen LogP contribution is 2.31. The number of hydrogen-bond acceptors (Lipinski definition) is 7. The van der Waals surface area contributed by atoms with Crippen LogP contribution in [0.25, 0.3) is 0 Å². The van der Waals surface area contributed by atoms with E-state index in [1.807, 2.05) is 83.4 Å². The first-order valence-electron chi connectivity index (χ1n) is 11.7. The average molecular weight is 463 g/mol. The van der Waals surface area contributed by atoms with Crippen molar-refractivity contribution >= 4 is 29.7 Å². The molecule has 174 valence electrons. The van der Waals surface area contributed by atoms with E-state index < -0.39 is 0 Å². The fourth-order valence-electron chi connectivity index (χ4n) is 4.32. The molecule has 0 amide bonds. The fraction of sp³-hybridized carbons (Fsp3) is 0.143. The molecule has 2 heterocycles. The molecule has 3 aliphatic rings. The van der Waals surface area contributed by atoms with Crippen molar-refractivity contribution in [3.05, 3.63) is 103 Å². The second-order valence-electron chi connectivity index (χ2n) is 8.58. The summed E-state index contributed by atoms with van der Waals surface area (Å²) in [6, 6.07) is 26.6. The highest BCUT2D eigenvalue weighted by Gasteiger charge is 2.22. The summed E-state index contributed by atoms with van der Waals surface area (Å²) in [7, 11) is 0. The Morgan fingerprint density at radius 3 is 2.09 bits per heavy atom. The summed E-state index contributed by atoms with van der Waals surface area (Å²) in [4.78, 5) is 4.35. The van der Waals surface area contributed by atoms with Crippen molar-refractivity contribution in [2.75, 3.05) is 28.3 Å². The third-order valence-corrected chi connectivity index (χ3v) is 6.19. The van der Waals surface area contributed by atoms with Gasteiger partial charge in [-0.05, 0) is 42.8 Å². The third kappa shape index (κ3) is 4.61. The molecule has 0 spiro atoms. The molecule has 3 aromatic carbocycles. The summed E-state index contributed by atoms with van der Waals surface area (Å²) in [5, 5.41) is 13.1. The van der Waals surface area contributed by atoms with Crippen LogP contribution < -0.4 is 19.7 Å². The van der Waals surface area contributed by atoms with Gasteiger partial charge in [-0.3, -0.25) is 0 Å². The monoisotopic (exact) mass is 462 g/mol. The van der Waals surface area contributed by atoms with Crippen molar-refractivity contribution in [1.29, 1.82) is 0 Å². The predicted molar refractivity (Wildman–Crippen MR) is 142 cm³/mol. The molecule has 1 atom stereocenters. The van der Waals surface area contributed by atoms with E-state index in [1.54, 1.807) is 0 Å². The molecule has 0 radical (unpaired) electrons. The largest absolute Gasteiger partial charge is 0.457 e. The Hall–Kier alpha value is -4.52. The molecule has 3 aromatic rings. The van der Waals surface area contributed by atoms with Gasteiger partial charge in [-0.25, -0.2) is 10.0 Å². The van der Waals surface area contributed by atoms with E-state index in [0.717, 1.165) is 35.0 Å². The Labute approximate surface area is 205 Å². The summed E-state index contributed by atoms with van der Waals surface area (Å²) in [5.41, 5.74) is 3.08. The Balaban J connectivity index is 1.12. The summed E-state index contributed by atoms with van der Waals surface area (Å²) in [6.07, 6.45) is 13.4. The minimum absolute atomic E-state index is 0.349. The molecule has 2 aliphatic heterocycles. The van der Waals surface area contributed by atoms with Gasteiger partial charge in [0, 0.05) is 17.8 Å². The molecule has 6 rings (SSSR count). The smallest absolute Gasteiger partial charge is 0.129 e. The van der Waals surface area contributed by atoms with Crippen molar-refractivity contribution in [3.8, 4) is 11.5 Å². The molecule has 0 N–H and O–H groups in total. The fourth-order valence-corrected chi connectivity index (χ4v) is 4.32. The number of anilines is 3. The molecule has 7 heteroatoms. The van der Waals surface area contributed by atoms with Gasteiger partial charge in [0.25, 0.3) is 0 Å². The first kappa shape index (κ1) is 21.0. The van der Waals surface area contributed by atoms with Crippen LogP contribution in [0.5, 0.6) is 11.5 Å². The zero-order valence-electron chi connectivity index (χ0n) is 19.3. The maximum atomic E-state index is 6.23. The molecule has 0 fully saturated rings. The number of nitrogens with zero attached hydrogens (tertiary/aromatic N) is 6. The van der Waals surface area contributed by atoms with Gasteiger partial charge >= 0.3 is 0 Å². The lowest BCUT2D eigenvalue weighted by Gasteiger charge is -2.26. The van der Waals surface area contributed by atoms with E-state index >= 15 is 0 Å². The number of benzene rings is 3. The van der Waals surface area contributed by atoms with Crippen LogP contribution >= 0.6 is 0 Å². The van der Waals surface area contributed by atoms with Crippen molar-refractivity contribution in [1.82, 2.24) is 4.90 Å². The molecule has 35 heavy (non-hydrogen) atoms. The summed E-state index contributed by atoms with van der Waals surface area (Å²) in [5.74, 6) is 1.53. The molecular weight excluding hydrogens is 436 g/mol. The molecule has 0 unspecified atom stereocenters. The van der Waals surface area contributed by atoms with Crippen LogP contribution in [0.1, 0.15) is 6.42 Å². The van der Waals surface area contributed by atoms with E-state index in [4.69, 9.17) is 4.74 Å². The SMILES string of the molecule is C1=CC[C@H](N2C=NN(c3cccc(Oc4cccc(N5CN(c6ccccc6)C=N5)c4)c3)C2)C=C1. The Kier molecular flexibility index (Phi) is 5.64. The number of hydrogen-bond donors (Lipinski definition) is 0. The van der Waals surface area contributed by atoms with Crippen LogP contribution in [0.3, 0.4) is 0 Å². The summed E-state index contributed by atoms with van der Waals surface area (Å²) < 4.78 is 6.23. The lowest BCUT2D eigenvalue weighted by Crippen LogP contribution is -2.34. The molecule has 0 bridgehead atoms. The van der Waals surface area contributed by atoms with Crippen LogP contribution in [-0.4, -0.2) is 37.0 Å². The van der Waals surface area contributed by atoms with Crippen LogP contribution in [0, 0.1) is 0 Å². The molecule has 7 nitrogen and oxygen atoms in total. The second kappa shape index (κ2) is 9.38. The zero-order chi connectivity index (χ0) is 23.5. The first-order valence-corrected chi connectivity index (χ1v) is 11.7. The lowest BCUT2D eigenvalue weighted by atomic mass is 10.1.